The molecule has 24 heavy (non-hydrogen) atoms. The summed E-state index contributed by atoms with van der Waals surface area (Å²) in [4.78, 5) is 4.64. The van der Waals surface area contributed by atoms with Gasteiger partial charge in [-0.2, -0.15) is 0 Å². The van der Waals surface area contributed by atoms with E-state index in [1.807, 2.05) is 42.5 Å². The number of hydrogen-bond donors (Lipinski definition) is 0. The molecule has 0 spiro atoms. The number of thioether (sulfide) groups is 1. The van der Waals surface area contributed by atoms with E-state index in [1.165, 1.54) is 10.3 Å². The van der Waals surface area contributed by atoms with E-state index in [2.05, 4.69) is 35.1 Å². The lowest BCUT2D eigenvalue weighted by atomic mass is 10.1. The van der Waals surface area contributed by atoms with E-state index in [0.717, 1.165) is 15.4 Å². The summed E-state index contributed by atoms with van der Waals surface area (Å²) >= 11 is 3.33. The lowest BCUT2D eigenvalue weighted by molar-refractivity contribution is 0.509. The van der Waals surface area contributed by atoms with Crippen LogP contribution in [-0.4, -0.2) is 15.2 Å². The van der Waals surface area contributed by atoms with Crippen molar-refractivity contribution in [2.75, 3.05) is 0 Å². The molecule has 4 nitrogen and oxygen atoms in total. The van der Waals surface area contributed by atoms with Gasteiger partial charge < -0.3 is 4.42 Å². The maximum atomic E-state index is 5.85. The quantitative estimate of drug-likeness (QED) is 0.453. The number of hydrogen-bond acceptors (Lipinski definition) is 6. The molecule has 6 heteroatoms. The van der Waals surface area contributed by atoms with Crippen LogP contribution in [0.1, 0.15) is 23.6 Å². The van der Waals surface area contributed by atoms with Crippen molar-refractivity contribution in [3.63, 3.8) is 0 Å². The Bertz CT molecular complexity index is 942. The summed E-state index contributed by atoms with van der Waals surface area (Å²) in [5.74, 6) is 1.18. The second kappa shape index (κ2) is 6.37. The second-order valence-corrected chi connectivity index (χ2v) is 8.14. The molecule has 0 aliphatic rings. The number of benzene rings is 2. The first-order chi connectivity index (χ1) is 11.7. The van der Waals surface area contributed by atoms with Crippen molar-refractivity contribution in [2.45, 2.75) is 23.4 Å². The van der Waals surface area contributed by atoms with E-state index in [-0.39, 0.29) is 5.25 Å². The van der Waals surface area contributed by atoms with Gasteiger partial charge >= 0.3 is 0 Å². The molecular weight excluding hydrogens is 338 g/mol. The van der Waals surface area contributed by atoms with Crippen LogP contribution in [0.25, 0.3) is 21.7 Å². The highest BCUT2D eigenvalue weighted by atomic mass is 32.2. The van der Waals surface area contributed by atoms with Gasteiger partial charge in [0.05, 0.1) is 15.5 Å². The Labute approximate surface area is 148 Å². The Kier molecular flexibility index (Phi) is 4.08. The van der Waals surface area contributed by atoms with Crippen LogP contribution in [0, 0.1) is 6.92 Å². The largest absolute Gasteiger partial charge is 0.419 e. The summed E-state index contributed by atoms with van der Waals surface area (Å²) in [5.41, 5.74) is 3.18. The molecule has 0 saturated heterocycles. The molecule has 4 aromatic rings. The molecule has 0 aliphatic heterocycles. The van der Waals surface area contributed by atoms with E-state index >= 15 is 0 Å². The molecule has 0 unspecified atom stereocenters. The number of nitrogens with zero attached hydrogens (tertiary/aromatic N) is 3. The molecule has 0 fully saturated rings. The number of fused-ring (bicyclic) bond motifs is 1. The van der Waals surface area contributed by atoms with Crippen LogP contribution in [0.4, 0.5) is 0 Å². The van der Waals surface area contributed by atoms with E-state index in [0.29, 0.717) is 11.8 Å². The summed E-state index contributed by atoms with van der Waals surface area (Å²) in [6.07, 6.45) is 0. The van der Waals surface area contributed by atoms with E-state index < -0.39 is 0 Å². The average Bonchev–Trinajstić information content (AvgIpc) is 3.21. The molecule has 0 saturated carbocycles. The molecule has 1 atom stereocenters. The molecule has 120 valence electrons. The molecule has 4 rings (SSSR count). The topological polar surface area (TPSA) is 51.8 Å². The predicted molar refractivity (Wildman–Crippen MR) is 98.4 cm³/mol. The van der Waals surface area contributed by atoms with E-state index in [4.69, 9.17) is 4.42 Å². The first-order valence-electron chi connectivity index (χ1n) is 7.62. The van der Waals surface area contributed by atoms with Crippen LogP contribution >= 0.6 is 23.1 Å². The van der Waals surface area contributed by atoms with Gasteiger partial charge in [0.2, 0.25) is 11.8 Å². The lowest BCUT2D eigenvalue weighted by Crippen LogP contribution is -1.88. The number of aromatic nitrogens is 3. The lowest BCUT2D eigenvalue weighted by Gasteiger charge is -2.02. The summed E-state index contributed by atoms with van der Waals surface area (Å²) < 4.78 is 8.06. The highest BCUT2D eigenvalue weighted by molar-refractivity contribution is 8.01. The maximum Gasteiger partial charge on any atom is 0.247 e. The summed E-state index contributed by atoms with van der Waals surface area (Å²) in [6, 6.07) is 16.2. The van der Waals surface area contributed by atoms with Gasteiger partial charge in [-0.15, -0.1) is 21.5 Å². The van der Waals surface area contributed by atoms with Gasteiger partial charge in [0, 0.05) is 5.56 Å². The standard InChI is InChI=1S/C18H15N3OS2/c1-11-7-9-13(10-8-11)17-21-20-16(22-17)12(2)23-18-19-14-5-3-4-6-15(14)24-18/h3-10,12H,1-2H3/t12-/m1/s1. The van der Waals surface area contributed by atoms with Crippen molar-refractivity contribution in [3.05, 3.63) is 60.0 Å². The summed E-state index contributed by atoms with van der Waals surface area (Å²) in [6.45, 7) is 4.11. The molecule has 2 aromatic heterocycles. The van der Waals surface area contributed by atoms with Crippen molar-refractivity contribution >= 4 is 33.3 Å². The Morgan fingerprint density at radius 1 is 1.04 bits per heavy atom. The molecule has 0 radical (unpaired) electrons. The number of rotatable bonds is 4. The minimum atomic E-state index is 0.0530. The monoisotopic (exact) mass is 353 g/mol. The Morgan fingerprint density at radius 2 is 1.83 bits per heavy atom. The molecule has 0 aliphatic carbocycles. The Balaban J connectivity index is 1.54. The van der Waals surface area contributed by atoms with Crippen molar-refractivity contribution in [1.29, 1.82) is 0 Å². The third-order valence-corrected chi connectivity index (χ3v) is 5.86. The third-order valence-electron chi connectivity index (χ3n) is 3.64. The fourth-order valence-electron chi connectivity index (χ4n) is 2.31. The zero-order valence-electron chi connectivity index (χ0n) is 13.3. The normalized spacial score (nSPS) is 12.6. The SMILES string of the molecule is Cc1ccc(-c2nnc([C@@H](C)Sc3nc4ccccc4s3)o2)cc1. The molecule has 0 amide bonds. The van der Waals surface area contributed by atoms with Gasteiger partial charge in [-0.05, 0) is 38.1 Å². The molecule has 2 heterocycles. The van der Waals surface area contributed by atoms with Gasteiger partial charge in [0.1, 0.15) is 0 Å². The van der Waals surface area contributed by atoms with Crippen LogP contribution in [0.2, 0.25) is 0 Å². The number of para-hydroxylation sites is 1. The number of thiazole rings is 1. The van der Waals surface area contributed by atoms with Crippen LogP contribution < -0.4 is 0 Å². The van der Waals surface area contributed by atoms with Crippen LogP contribution in [-0.2, 0) is 0 Å². The van der Waals surface area contributed by atoms with E-state index in [9.17, 15) is 0 Å². The smallest absolute Gasteiger partial charge is 0.247 e. The minimum Gasteiger partial charge on any atom is -0.419 e. The average molecular weight is 353 g/mol. The van der Waals surface area contributed by atoms with E-state index in [1.54, 1.807) is 23.1 Å². The van der Waals surface area contributed by atoms with Gasteiger partial charge in [-0.3, -0.25) is 0 Å². The Morgan fingerprint density at radius 3 is 2.62 bits per heavy atom. The van der Waals surface area contributed by atoms with Gasteiger partial charge in [0.25, 0.3) is 0 Å². The first-order valence-corrected chi connectivity index (χ1v) is 9.31. The van der Waals surface area contributed by atoms with Crippen molar-refractivity contribution in [1.82, 2.24) is 15.2 Å². The van der Waals surface area contributed by atoms with Gasteiger partial charge in [0.15, 0.2) is 4.34 Å². The van der Waals surface area contributed by atoms with Gasteiger partial charge in [-0.25, -0.2) is 4.98 Å². The van der Waals surface area contributed by atoms with Crippen LogP contribution in [0.15, 0.2) is 57.3 Å². The first kappa shape index (κ1) is 15.4. The van der Waals surface area contributed by atoms with Gasteiger partial charge in [-0.1, -0.05) is 41.6 Å². The molecule has 0 bridgehead atoms. The van der Waals surface area contributed by atoms with Crippen molar-refractivity contribution < 1.29 is 4.42 Å². The predicted octanol–water partition coefficient (Wildman–Crippen LogP) is 5.51. The summed E-state index contributed by atoms with van der Waals surface area (Å²) in [5, 5.41) is 8.43. The molecular formula is C18H15N3OS2. The van der Waals surface area contributed by atoms with Crippen LogP contribution in [0.3, 0.4) is 0 Å². The third kappa shape index (κ3) is 3.07. The molecule has 2 aromatic carbocycles. The highest BCUT2D eigenvalue weighted by Crippen LogP contribution is 2.38. The van der Waals surface area contributed by atoms with Crippen LogP contribution in [0.5, 0.6) is 0 Å². The Hall–Kier alpha value is -2.18. The van der Waals surface area contributed by atoms with Crippen molar-refractivity contribution in [3.8, 4) is 11.5 Å². The van der Waals surface area contributed by atoms with Crippen molar-refractivity contribution in [2.24, 2.45) is 0 Å². The summed E-state index contributed by atoms with van der Waals surface area (Å²) in [7, 11) is 0. The number of aryl methyl sites for hydroxylation is 1. The second-order valence-electron chi connectivity index (χ2n) is 5.52. The maximum absolute atomic E-state index is 5.85. The molecule has 0 N–H and O–H groups in total. The fraction of sp³-hybridized carbons (Fsp3) is 0.167. The zero-order valence-corrected chi connectivity index (χ0v) is 14.9. The highest BCUT2D eigenvalue weighted by Gasteiger charge is 2.18. The zero-order chi connectivity index (χ0) is 16.5. The minimum absolute atomic E-state index is 0.0530. The fourth-order valence-corrected chi connectivity index (χ4v) is 4.56.